The number of nitrogens with two attached hydrogens (primary N) is 1. The van der Waals surface area contributed by atoms with Gasteiger partial charge in [0.25, 0.3) is 0 Å². The number of nitrogen functional groups attached to an aromatic ring is 1. The summed E-state index contributed by atoms with van der Waals surface area (Å²) in [4.78, 5) is 10.1. The maximum Gasteiger partial charge on any atom is 0.242 e. The lowest BCUT2D eigenvalue weighted by atomic mass is 10.3. The second kappa shape index (κ2) is 5.38. The monoisotopic (exact) mass is 210 g/mol. The predicted molar refractivity (Wildman–Crippen MR) is 61.2 cm³/mol. The fraction of sp³-hybridized carbons (Fsp3) is 0.600. The van der Waals surface area contributed by atoms with E-state index in [1.54, 1.807) is 7.11 Å². The molecule has 0 fully saturated rings. The van der Waals surface area contributed by atoms with Gasteiger partial charge in [-0.25, -0.2) is 4.98 Å². The van der Waals surface area contributed by atoms with Gasteiger partial charge in [0.2, 0.25) is 5.88 Å². The van der Waals surface area contributed by atoms with Crippen molar-refractivity contribution < 1.29 is 4.74 Å². The van der Waals surface area contributed by atoms with Gasteiger partial charge >= 0.3 is 0 Å². The zero-order valence-corrected chi connectivity index (χ0v) is 9.53. The van der Waals surface area contributed by atoms with Crippen molar-refractivity contribution in [2.45, 2.75) is 19.8 Å². The molecule has 84 valence electrons. The number of anilines is 2. The minimum absolute atomic E-state index is 0.434. The molecule has 0 radical (unpaired) electrons. The molecule has 5 nitrogen and oxygen atoms in total. The van der Waals surface area contributed by atoms with E-state index >= 15 is 0 Å². The molecule has 1 rings (SSSR count). The van der Waals surface area contributed by atoms with E-state index in [9.17, 15) is 0 Å². The van der Waals surface area contributed by atoms with Gasteiger partial charge in [-0.15, -0.1) is 0 Å². The normalized spacial score (nSPS) is 10.1. The van der Waals surface area contributed by atoms with Crippen LogP contribution in [-0.2, 0) is 0 Å². The van der Waals surface area contributed by atoms with Crippen LogP contribution in [0.15, 0.2) is 6.33 Å². The summed E-state index contributed by atoms with van der Waals surface area (Å²) < 4.78 is 5.04. The second-order valence-electron chi connectivity index (χ2n) is 3.40. The summed E-state index contributed by atoms with van der Waals surface area (Å²) in [5, 5.41) is 0. The van der Waals surface area contributed by atoms with Crippen LogP contribution in [0.3, 0.4) is 0 Å². The lowest BCUT2D eigenvalue weighted by molar-refractivity contribution is 0.399. The largest absolute Gasteiger partial charge is 0.479 e. The molecule has 0 amide bonds. The SMILES string of the molecule is CCCCN(C)c1ncnc(OC)c1N. The summed E-state index contributed by atoms with van der Waals surface area (Å²) in [7, 11) is 3.52. The average Bonchev–Trinajstić information content (AvgIpc) is 2.26. The van der Waals surface area contributed by atoms with Crippen molar-refractivity contribution in [3.8, 4) is 5.88 Å². The molecule has 2 N–H and O–H groups in total. The van der Waals surface area contributed by atoms with Crippen molar-refractivity contribution in [1.82, 2.24) is 9.97 Å². The number of aromatic nitrogens is 2. The van der Waals surface area contributed by atoms with Crippen LogP contribution in [-0.4, -0.2) is 30.7 Å². The second-order valence-corrected chi connectivity index (χ2v) is 3.40. The molecule has 1 heterocycles. The molecule has 0 atom stereocenters. The minimum atomic E-state index is 0.434. The number of ether oxygens (including phenoxy) is 1. The Morgan fingerprint density at radius 3 is 2.80 bits per heavy atom. The Morgan fingerprint density at radius 2 is 2.20 bits per heavy atom. The number of hydrogen-bond acceptors (Lipinski definition) is 5. The zero-order valence-electron chi connectivity index (χ0n) is 9.53. The zero-order chi connectivity index (χ0) is 11.3. The molecule has 15 heavy (non-hydrogen) atoms. The van der Waals surface area contributed by atoms with Gasteiger partial charge in [0.15, 0.2) is 5.82 Å². The lowest BCUT2D eigenvalue weighted by Crippen LogP contribution is -2.21. The smallest absolute Gasteiger partial charge is 0.242 e. The molecular formula is C10H18N4O. The van der Waals surface area contributed by atoms with E-state index in [1.807, 2.05) is 11.9 Å². The van der Waals surface area contributed by atoms with E-state index in [2.05, 4.69) is 16.9 Å². The average molecular weight is 210 g/mol. The fourth-order valence-corrected chi connectivity index (χ4v) is 1.34. The Bertz CT molecular complexity index is 316. The Kier molecular flexibility index (Phi) is 4.15. The lowest BCUT2D eigenvalue weighted by Gasteiger charge is -2.19. The summed E-state index contributed by atoms with van der Waals surface area (Å²) in [6, 6.07) is 0. The van der Waals surface area contributed by atoms with Gasteiger partial charge in [-0.1, -0.05) is 13.3 Å². The number of methoxy groups -OCH3 is 1. The Morgan fingerprint density at radius 1 is 1.47 bits per heavy atom. The van der Waals surface area contributed by atoms with Crippen LogP contribution < -0.4 is 15.4 Å². The molecule has 1 aromatic rings. The summed E-state index contributed by atoms with van der Waals surface area (Å²) in [5.74, 6) is 1.17. The first-order valence-electron chi connectivity index (χ1n) is 5.06. The van der Waals surface area contributed by atoms with E-state index < -0.39 is 0 Å². The van der Waals surface area contributed by atoms with Gasteiger partial charge in [-0.05, 0) is 6.42 Å². The predicted octanol–water partition coefficient (Wildman–Crippen LogP) is 1.30. The van der Waals surface area contributed by atoms with Crippen molar-refractivity contribution in [3.63, 3.8) is 0 Å². The first-order chi connectivity index (χ1) is 7.20. The van der Waals surface area contributed by atoms with E-state index in [4.69, 9.17) is 10.5 Å². The third kappa shape index (κ3) is 2.71. The maximum atomic E-state index is 5.87. The molecule has 0 bridgehead atoms. The number of unbranched alkanes of at least 4 members (excludes halogenated alkanes) is 1. The summed E-state index contributed by atoms with van der Waals surface area (Å²) in [5.41, 5.74) is 6.37. The highest BCUT2D eigenvalue weighted by Gasteiger charge is 2.11. The fourth-order valence-electron chi connectivity index (χ4n) is 1.34. The van der Waals surface area contributed by atoms with Gasteiger partial charge in [0.05, 0.1) is 7.11 Å². The van der Waals surface area contributed by atoms with Crippen LogP contribution in [0.1, 0.15) is 19.8 Å². The van der Waals surface area contributed by atoms with Crippen LogP contribution in [0.4, 0.5) is 11.5 Å². The quantitative estimate of drug-likeness (QED) is 0.793. The molecule has 0 saturated carbocycles. The molecule has 1 aromatic heterocycles. The van der Waals surface area contributed by atoms with Crippen molar-refractivity contribution >= 4 is 11.5 Å². The van der Waals surface area contributed by atoms with Crippen LogP contribution in [0, 0.1) is 0 Å². The topological polar surface area (TPSA) is 64.3 Å². The molecule has 0 aliphatic heterocycles. The molecule has 5 heteroatoms. The molecular weight excluding hydrogens is 192 g/mol. The van der Waals surface area contributed by atoms with E-state index in [0.717, 1.165) is 25.2 Å². The molecule has 0 spiro atoms. The van der Waals surface area contributed by atoms with E-state index in [0.29, 0.717) is 11.6 Å². The first-order valence-corrected chi connectivity index (χ1v) is 5.06. The minimum Gasteiger partial charge on any atom is -0.479 e. The Balaban J connectivity index is 2.83. The van der Waals surface area contributed by atoms with Gasteiger partial charge in [0.1, 0.15) is 12.0 Å². The Labute approximate surface area is 90.3 Å². The van der Waals surface area contributed by atoms with Crippen LogP contribution in [0.2, 0.25) is 0 Å². The summed E-state index contributed by atoms with van der Waals surface area (Å²) in [6.07, 6.45) is 3.72. The highest BCUT2D eigenvalue weighted by molar-refractivity contribution is 5.67. The summed E-state index contributed by atoms with van der Waals surface area (Å²) in [6.45, 7) is 3.08. The number of hydrogen-bond donors (Lipinski definition) is 1. The highest BCUT2D eigenvalue weighted by atomic mass is 16.5. The third-order valence-electron chi connectivity index (χ3n) is 2.23. The van der Waals surface area contributed by atoms with Crippen molar-refractivity contribution in [2.24, 2.45) is 0 Å². The van der Waals surface area contributed by atoms with Gasteiger partial charge in [-0.2, -0.15) is 4.98 Å². The summed E-state index contributed by atoms with van der Waals surface area (Å²) >= 11 is 0. The number of rotatable bonds is 5. The number of nitrogens with zero attached hydrogens (tertiary/aromatic N) is 3. The molecule has 0 aliphatic carbocycles. The first kappa shape index (κ1) is 11.6. The molecule has 0 saturated heterocycles. The van der Waals surface area contributed by atoms with Gasteiger partial charge in [0, 0.05) is 13.6 Å². The van der Waals surface area contributed by atoms with Crippen LogP contribution in [0.25, 0.3) is 0 Å². The standard InChI is InChI=1S/C10H18N4O/c1-4-5-6-14(2)9-8(11)10(15-3)13-7-12-9/h7H,4-6,11H2,1-3H3. The van der Waals surface area contributed by atoms with Crippen molar-refractivity contribution in [2.75, 3.05) is 31.3 Å². The van der Waals surface area contributed by atoms with Crippen LogP contribution >= 0.6 is 0 Å². The highest BCUT2D eigenvalue weighted by Crippen LogP contribution is 2.26. The molecule has 0 aromatic carbocycles. The van der Waals surface area contributed by atoms with Crippen LogP contribution in [0.5, 0.6) is 5.88 Å². The van der Waals surface area contributed by atoms with Gasteiger partial charge < -0.3 is 15.4 Å². The van der Waals surface area contributed by atoms with Gasteiger partial charge in [-0.3, -0.25) is 0 Å². The Hall–Kier alpha value is -1.52. The molecule has 0 aliphatic rings. The molecule has 0 unspecified atom stereocenters. The van der Waals surface area contributed by atoms with Crippen molar-refractivity contribution in [3.05, 3.63) is 6.33 Å². The third-order valence-corrected chi connectivity index (χ3v) is 2.23. The van der Waals surface area contributed by atoms with E-state index in [-0.39, 0.29) is 0 Å². The van der Waals surface area contributed by atoms with E-state index in [1.165, 1.54) is 6.33 Å². The van der Waals surface area contributed by atoms with Crippen molar-refractivity contribution in [1.29, 1.82) is 0 Å². The maximum absolute atomic E-state index is 5.87.